The number of aliphatic hydroxyl groups is 3. The molecule has 13 nitrogen and oxygen atoms in total. The van der Waals surface area contributed by atoms with Crippen LogP contribution in [0.4, 0.5) is 0 Å². The first-order valence-electron chi connectivity index (χ1n) is 18.4. The maximum atomic E-state index is 13.3. The van der Waals surface area contributed by atoms with Gasteiger partial charge in [-0.05, 0) is 43.8 Å². The number of cyclic esters (lactones) is 1. The van der Waals surface area contributed by atoms with Gasteiger partial charge in [-0.15, -0.1) is 6.58 Å². The summed E-state index contributed by atoms with van der Waals surface area (Å²) in [5.41, 5.74) is -1.08. The highest BCUT2D eigenvalue weighted by Crippen LogP contribution is 2.47. The SMILES string of the molecule is C=CC[C@H]1CC2CCOCC[C@@H](O)CC(=O)O[C@@H](CO)C[C@@H]3CC(=CC(=O)OC)[C@H](OC(=O)CCCCCCC)[C@@](O)(O3)C(C)(C)C=C[C@H](O2)O1. The van der Waals surface area contributed by atoms with Crippen molar-refractivity contribution in [1.82, 2.24) is 0 Å². The molecule has 0 saturated carbocycles. The molecule has 0 aromatic rings. The van der Waals surface area contributed by atoms with Crippen molar-refractivity contribution in [3.63, 3.8) is 0 Å². The van der Waals surface area contributed by atoms with Crippen molar-refractivity contribution < 1.29 is 62.9 Å². The van der Waals surface area contributed by atoms with Gasteiger partial charge in [-0.1, -0.05) is 58.6 Å². The number of carbonyl (C=O) groups excluding carboxylic acids is 3. The van der Waals surface area contributed by atoms with E-state index in [2.05, 4.69) is 13.5 Å². The Labute approximate surface area is 302 Å². The number of methoxy groups -OCH3 is 1. The van der Waals surface area contributed by atoms with E-state index in [1.807, 2.05) is 0 Å². The number of fused-ring (bicyclic) bond motifs is 4. The minimum absolute atomic E-state index is 0.0145. The number of hydrogen-bond acceptors (Lipinski definition) is 13. The van der Waals surface area contributed by atoms with E-state index in [4.69, 9.17) is 33.2 Å². The van der Waals surface area contributed by atoms with Crippen molar-refractivity contribution in [3.05, 3.63) is 36.5 Å². The van der Waals surface area contributed by atoms with Crippen molar-refractivity contribution in [1.29, 1.82) is 0 Å². The van der Waals surface area contributed by atoms with Crippen molar-refractivity contribution in [2.75, 3.05) is 26.9 Å². The van der Waals surface area contributed by atoms with Crippen LogP contribution in [0.2, 0.25) is 0 Å². The summed E-state index contributed by atoms with van der Waals surface area (Å²) in [6.07, 6.45) is 6.85. The van der Waals surface area contributed by atoms with E-state index in [1.54, 1.807) is 32.1 Å². The van der Waals surface area contributed by atoms with Crippen LogP contribution in [0.3, 0.4) is 0 Å². The quantitative estimate of drug-likeness (QED) is 0.0902. The van der Waals surface area contributed by atoms with Crippen LogP contribution in [0.15, 0.2) is 36.5 Å². The molecule has 2 fully saturated rings. The molecule has 0 amide bonds. The Hall–Kier alpha value is -2.65. The normalized spacial score (nSPS) is 33.1. The second kappa shape index (κ2) is 21.2. The van der Waals surface area contributed by atoms with Gasteiger partial charge in [-0.3, -0.25) is 9.59 Å². The van der Waals surface area contributed by atoms with E-state index in [9.17, 15) is 29.7 Å². The summed E-state index contributed by atoms with van der Waals surface area (Å²) in [4.78, 5) is 38.7. The molecule has 0 radical (unpaired) electrons. The highest BCUT2D eigenvalue weighted by Gasteiger charge is 2.57. The number of rotatable bonds is 11. The monoisotopic (exact) mass is 724 g/mol. The molecule has 3 aliphatic rings. The summed E-state index contributed by atoms with van der Waals surface area (Å²) in [6, 6.07) is 0. The van der Waals surface area contributed by atoms with Gasteiger partial charge in [0.05, 0.1) is 44.6 Å². The van der Waals surface area contributed by atoms with Crippen LogP contribution in [0.5, 0.6) is 0 Å². The summed E-state index contributed by atoms with van der Waals surface area (Å²) >= 11 is 0. The van der Waals surface area contributed by atoms with Gasteiger partial charge in [0, 0.05) is 44.0 Å². The number of hydrogen-bond donors (Lipinski definition) is 3. The molecule has 2 saturated heterocycles. The third-order valence-corrected chi connectivity index (χ3v) is 9.55. The lowest BCUT2D eigenvalue weighted by atomic mass is 9.74. The van der Waals surface area contributed by atoms with Gasteiger partial charge >= 0.3 is 17.9 Å². The fraction of sp³-hybridized carbons (Fsp3) is 0.763. The van der Waals surface area contributed by atoms with Crippen molar-refractivity contribution in [2.24, 2.45) is 5.41 Å². The number of unbranched alkanes of at least 4 members (excludes halogenated alkanes) is 4. The van der Waals surface area contributed by atoms with E-state index in [-0.39, 0.29) is 56.5 Å². The summed E-state index contributed by atoms with van der Waals surface area (Å²) in [6.45, 7) is 9.35. The lowest BCUT2D eigenvalue weighted by Gasteiger charge is -2.51. The Kier molecular flexibility index (Phi) is 17.7. The zero-order valence-electron chi connectivity index (χ0n) is 30.8. The molecule has 0 aromatic heterocycles. The van der Waals surface area contributed by atoms with Crippen LogP contribution in [0.25, 0.3) is 0 Å². The Morgan fingerprint density at radius 1 is 1.04 bits per heavy atom. The fourth-order valence-corrected chi connectivity index (χ4v) is 6.55. The minimum atomic E-state index is -2.27. The van der Waals surface area contributed by atoms with Gasteiger partial charge in [0.15, 0.2) is 12.4 Å². The molecule has 8 atom stereocenters. The van der Waals surface area contributed by atoms with E-state index in [0.717, 1.165) is 25.7 Å². The molecule has 0 aromatic carbocycles. The number of carbonyl (C=O) groups is 3. The molecule has 4 bridgehead atoms. The Bertz CT molecular complexity index is 1180. The third kappa shape index (κ3) is 13.4. The largest absolute Gasteiger partial charge is 0.466 e. The van der Waals surface area contributed by atoms with E-state index >= 15 is 0 Å². The standard InChI is InChI=1S/C38H60O13/c1-6-8-9-10-11-13-32(41)50-36-26(21-33(42)45-5)20-30-24-31(25-39)47-34(43)22-27(40)15-18-46-19-16-29-23-28(12-7-2)48-35(49-29)14-17-37(3,4)38(36,44)51-30/h7,14,17,21,27-31,35-36,39-40,44H,2,6,8-13,15-16,18-20,22-25H2,1,3-5H3/t27-,28+,29?,30+,31-,35+,36+,38-/m1/s1. The predicted octanol–water partition coefficient (Wildman–Crippen LogP) is 4.35. The second-order valence-electron chi connectivity index (χ2n) is 14.2. The van der Waals surface area contributed by atoms with Gasteiger partial charge in [-0.25, -0.2) is 4.79 Å². The lowest BCUT2D eigenvalue weighted by molar-refractivity contribution is -0.327. The van der Waals surface area contributed by atoms with Gasteiger partial charge < -0.3 is 48.5 Å². The molecule has 51 heavy (non-hydrogen) atoms. The van der Waals surface area contributed by atoms with E-state index in [0.29, 0.717) is 32.3 Å². The van der Waals surface area contributed by atoms with Crippen LogP contribution >= 0.6 is 0 Å². The smallest absolute Gasteiger partial charge is 0.330 e. The molecule has 3 N–H and O–H groups in total. The lowest BCUT2D eigenvalue weighted by Crippen LogP contribution is -2.62. The second-order valence-corrected chi connectivity index (χ2v) is 14.2. The van der Waals surface area contributed by atoms with Crippen molar-refractivity contribution in [3.8, 4) is 0 Å². The van der Waals surface area contributed by atoms with E-state index < -0.39 is 66.4 Å². The Morgan fingerprint density at radius 3 is 2.47 bits per heavy atom. The molecular formula is C38H60O13. The van der Waals surface area contributed by atoms with Crippen LogP contribution in [-0.4, -0.2) is 109 Å². The maximum absolute atomic E-state index is 13.3. The molecule has 3 rings (SSSR count). The first kappa shape index (κ1) is 42.8. The number of ether oxygens (including phenoxy) is 7. The molecule has 3 heterocycles. The highest BCUT2D eigenvalue weighted by molar-refractivity contribution is 5.83. The number of aliphatic hydroxyl groups excluding tert-OH is 2. The first-order valence-corrected chi connectivity index (χ1v) is 18.4. The first-order chi connectivity index (χ1) is 24.3. The van der Waals surface area contributed by atoms with Crippen LogP contribution in [0.1, 0.15) is 104 Å². The maximum Gasteiger partial charge on any atom is 0.330 e. The minimum Gasteiger partial charge on any atom is -0.466 e. The zero-order chi connectivity index (χ0) is 37.4. The third-order valence-electron chi connectivity index (χ3n) is 9.55. The van der Waals surface area contributed by atoms with Crippen LogP contribution in [0, 0.1) is 5.41 Å². The summed E-state index contributed by atoms with van der Waals surface area (Å²) in [5, 5.41) is 33.3. The van der Waals surface area contributed by atoms with Gasteiger partial charge in [0.25, 0.3) is 0 Å². The average molecular weight is 725 g/mol. The highest BCUT2D eigenvalue weighted by atomic mass is 16.7. The molecule has 1 unspecified atom stereocenters. The molecule has 13 heteroatoms. The molecule has 3 aliphatic heterocycles. The summed E-state index contributed by atoms with van der Waals surface area (Å²) in [5.74, 6) is -4.29. The fourth-order valence-electron chi connectivity index (χ4n) is 6.55. The zero-order valence-corrected chi connectivity index (χ0v) is 30.8. The summed E-state index contributed by atoms with van der Waals surface area (Å²) < 4.78 is 41.0. The Balaban J connectivity index is 2.04. The summed E-state index contributed by atoms with van der Waals surface area (Å²) in [7, 11) is 1.21. The molecular weight excluding hydrogens is 664 g/mol. The van der Waals surface area contributed by atoms with Gasteiger partial charge in [-0.2, -0.15) is 0 Å². The molecule has 0 aliphatic carbocycles. The van der Waals surface area contributed by atoms with Crippen molar-refractivity contribution >= 4 is 17.9 Å². The van der Waals surface area contributed by atoms with Gasteiger partial charge in [0.1, 0.15) is 6.10 Å². The van der Waals surface area contributed by atoms with E-state index in [1.165, 1.54) is 13.2 Å². The number of esters is 3. The molecule has 290 valence electrons. The molecule has 0 spiro atoms. The average Bonchev–Trinajstić information content (AvgIpc) is 3.08. The van der Waals surface area contributed by atoms with Crippen LogP contribution in [-0.2, 0) is 47.5 Å². The van der Waals surface area contributed by atoms with Crippen LogP contribution < -0.4 is 0 Å². The van der Waals surface area contributed by atoms with Crippen molar-refractivity contribution in [2.45, 2.75) is 153 Å². The van der Waals surface area contributed by atoms with Gasteiger partial charge in [0.2, 0.25) is 5.79 Å². The Morgan fingerprint density at radius 2 is 1.76 bits per heavy atom. The predicted molar refractivity (Wildman–Crippen MR) is 186 cm³/mol. The topological polar surface area (TPSA) is 177 Å².